The Kier molecular flexibility index (Phi) is 5.77. The Bertz CT molecular complexity index is 562. The average molecular weight is 308 g/mol. The largest absolute Gasteiger partial charge is 0.497 e. The first-order chi connectivity index (χ1) is 9.70. The van der Waals surface area contributed by atoms with Crippen molar-refractivity contribution in [2.45, 2.75) is 11.8 Å². The van der Waals surface area contributed by atoms with Crippen molar-refractivity contribution in [3.8, 4) is 5.75 Å². The second-order valence-electron chi connectivity index (χ2n) is 4.49. The molecule has 0 spiro atoms. The Morgan fingerprint density at radius 2 is 2.00 bits per heavy atom. The monoisotopic (exact) mass is 307 g/mol. The van der Waals surface area contributed by atoms with Crippen molar-refractivity contribution in [2.24, 2.45) is 5.73 Å². The summed E-state index contributed by atoms with van der Waals surface area (Å²) < 4.78 is 5.21. The molecule has 4 heteroatoms. The van der Waals surface area contributed by atoms with Crippen molar-refractivity contribution in [1.29, 1.82) is 0 Å². The lowest BCUT2D eigenvalue weighted by Crippen LogP contribution is -2.13. The number of halogens is 1. The summed E-state index contributed by atoms with van der Waals surface area (Å²) >= 11 is 7.92. The Hall–Kier alpha value is -1.16. The molecule has 0 heterocycles. The maximum atomic E-state index is 6.21. The van der Waals surface area contributed by atoms with Crippen LogP contribution in [0.15, 0.2) is 48.5 Å². The fraction of sp³-hybridized carbons (Fsp3) is 0.250. The van der Waals surface area contributed by atoms with Crippen LogP contribution in [0.1, 0.15) is 17.2 Å². The van der Waals surface area contributed by atoms with E-state index in [1.54, 1.807) is 18.9 Å². The molecule has 2 aromatic rings. The highest BCUT2D eigenvalue weighted by atomic mass is 35.5. The summed E-state index contributed by atoms with van der Waals surface area (Å²) in [6.07, 6.45) is 0. The van der Waals surface area contributed by atoms with Crippen molar-refractivity contribution >= 4 is 23.4 Å². The van der Waals surface area contributed by atoms with Gasteiger partial charge in [0, 0.05) is 22.6 Å². The fourth-order valence-electron chi connectivity index (χ4n) is 1.88. The first kappa shape index (κ1) is 15.2. The maximum Gasteiger partial charge on any atom is 0.119 e. The van der Waals surface area contributed by atoms with E-state index in [2.05, 4.69) is 0 Å². The molecule has 0 amide bonds. The third-order valence-corrected chi connectivity index (χ3v) is 4.51. The Morgan fingerprint density at radius 1 is 1.20 bits per heavy atom. The number of hydrogen-bond donors (Lipinski definition) is 1. The average Bonchev–Trinajstić information content (AvgIpc) is 2.49. The van der Waals surface area contributed by atoms with Crippen molar-refractivity contribution in [2.75, 3.05) is 12.9 Å². The predicted molar refractivity (Wildman–Crippen MR) is 87.5 cm³/mol. The van der Waals surface area contributed by atoms with Gasteiger partial charge in [-0.05, 0) is 29.3 Å². The van der Waals surface area contributed by atoms with Crippen LogP contribution in [-0.4, -0.2) is 12.9 Å². The molecule has 0 aliphatic rings. The Labute approximate surface area is 129 Å². The number of methoxy groups -OCH3 is 1. The lowest BCUT2D eigenvalue weighted by atomic mass is 10.1. The van der Waals surface area contributed by atoms with Crippen LogP contribution in [0.5, 0.6) is 5.75 Å². The molecule has 20 heavy (non-hydrogen) atoms. The molecular weight excluding hydrogens is 290 g/mol. The number of benzene rings is 2. The number of thioether (sulfide) groups is 1. The van der Waals surface area contributed by atoms with Gasteiger partial charge in [0.15, 0.2) is 0 Å². The summed E-state index contributed by atoms with van der Waals surface area (Å²) in [5.74, 6) is 2.56. The number of nitrogens with two attached hydrogens (primary N) is 1. The first-order valence-corrected chi connectivity index (χ1v) is 7.94. The van der Waals surface area contributed by atoms with Crippen LogP contribution < -0.4 is 10.5 Å². The number of rotatable bonds is 6. The van der Waals surface area contributed by atoms with Gasteiger partial charge in [-0.15, -0.1) is 0 Å². The van der Waals surface area contributed by atoms with Gasteiger partial charge in [-0.25, -0.2) is 0 Å². The SMILES string of the molecule is COc1cccc(C(N)CSCc2ccccc2Cl)c1. The number of hydrogen-bond acceptors (Lipinski definition) is 3. The molecule has 2 N–H and O–H groups in total. The zero-order chi connectivity index (χ0) is 14.4. The van der Waals surface area contributed by atoms with Crippen molar-refractivity contribution < 1.29 is 4.74 Å². The van der Waals surface area contributed by atoms with Gasteiger partial charge < -0.3 is 10.5 Å². The van der Waals surface area contributed by atoms with Crippen LogP contribution in [0, 0.1) is 0 Å². The third kappa shape index (κ3) is 4.17. The van der Waals surface area contributed by atoms with Crippen LogP contribution in [0.2, 0.25) is 5.02 Å². The van der Waals surface area contributed by atoms with Gasteiger partial charge in [0.25, 0.3) is 0 Å². The minimum absolute atomic E-state index is 0.00223. The van der Waals surface area contributed by atoms with Crippen molar-refractivity contribution in [1.82, 2.24) is 0 Å². The normalized spacial score (nSPS) is 12.2. The van der Waals surface area contributed by atoms with Crippen LogP contribution in [0.4, 0.5) is 0 Å². The molecule has 2 nitrogen and oxygen atoms in total. The zero-order valence-electron chi connectivity index (χ0n) is 11.4. The van der Waals surface area contributed by atoms with E-state index in [4.69, 9.17) is 22.1 Å². The van der Waals surface area contributed by atoms with Crippen LogP contribution in [0.25, 0.3) is 0 Å². The standard InChI is InChI=1S/C16H18ClNOS/c1-19-14-7-4-6-12(9-14)16(18)11-20-10-13-5-2-3-8-15(13)17/h2-9,16H,10-11,18H2,1H3. The summed E-state index contributed by atoms with van der Waals surface area (Å²) in [6, 6.07) is 15.8. The Morgan fingerprint density at radius 3 is 2.75 bits per heavy atom. The molecule has 0 radical (unpaired) electrons. The highest BCUT2D eigenvalue weighted by Gasteiger charge is 2.08. The Balaban J connectivity index is 1.89. The van der Waals surface area contributed by atoms with Crippen LogP contribution >= 0.6 is 23.4 Å². The van der Waals surface area contributed by atoms with Crippen molar-refractivity contribution in [3.63, 3.8) is 0 Å². The molecule has 0 saturated heterocycles. The smallest absolute Gasteiger partial charge is 0.119 e. The van der Waals surface area contributed by atoms with Crippen LogP contribution in [0.3, 0.4) is 0 Å². The van der Waals surface area contributed by atoms with Gasteiger partial charge in [0.1, 0.15) is 5.75 Å². The maximum absolute atomic E-state index is 6.21. The van der Waals surface area contributed by atoms with E-state index in [-0.39, 0.29) is 6.04 Å². The molecule has 0 aliphatic heterocycles. The molecule has 0 aliphatic carbocycles. The van der Waals surface area contributed by atoms with Crippen LogP contribution in [-0.2, 0) is 5.75 Å². The molecule has 2 rings (SSSR count). The van der Waals surface area contributed by atoms with Gasteiger partial charge in [-0.1, -0.05) is 41.9 Å². The molecule has 0 fully saturated rings. The summed E-state index contributed by atoms with van der Waals surface area (Å²) in [5, 5.41) is 0.815. The predicted octanol–water partition coefficient (Wildman–Crippen LogP) is 4.28. The van der Waals surface area contributed by atoms with E-state index in [1.807, 2.05) is 48.5 Å². The molecule has 1 atom stereocenters. The van der Waals surface area contributed by atoms with Gasteiger partial charge in [0.2, 0.25) is 0 Å². The molecule has 106 valence electrons. The lowest BCUT2D eigenvalue weighted by Gasteiger charge is -2.13. The zero-order valence-corrected chi connectivity index (χ0v) is 13.0. The second-order valence-corrected chi connectivity index (χ2v) is 5.93. The van der Waals surface area contributed by atoms with Gasteiger partial charge in [0.05, 0.1) is 7.11 Å². The molecule has 0 saturated carbocycles. The topological polar surface area (TPSA) is 35.2 Å². The van der Waals surface area contributed by atoms with Gasteiger partial charge >= 0.3 is 0 Å². The van der Waals surface area contributed by atoms with E-state index in [0.29, 0.717) is 0 Å². The van der Waals surface area contributed by atoms with E-state index >= 15 is 0 Å². The summed E-state index contributed by atoms with van der Waals surface area (Å²) in [7, 11) is 1.66. The highest BCUT2D eigenvalue weighted by molar-refractivity contribution is 7.98. The lowest BCUT2D eigenvalue weighted by molar-refractivity contribution is 0.414. The third-order valence-electron chi connectivity index (χ3n) is 3.03. The number of ether oxygens (including phenoxy) is 1. The summed E-state index contributed by atoms with van der Waals surface area (Å²) in [4.78, 5) is 0. The van der Waals surface area contributed by atoms with Crippen molar-refractivity contribution in [3.05, 3.63) is 64.7 Å². The summed E-state index contributed by atoms with van der Waals surface area (Å²) in [5.41, 5.74) is 8.45. The van der Waals surface area contributed by atoms with E-state index < -0.39 is 0 Å². The van der Waals surface area contributed by atoms with E-state index in [0.717, 1.165) is 33.4 Å². The minimum Gasteiger partial charge on any atom is -0.497 e. The molecule has 0 aromatic heterocycles. The molecular formula is C16H18ClNOS. The highest BCUT2D eigenvalue weighted by Crippen LogP contribution is 2.25. The van der Waals surface area contributed by atoms with Gasteiger partial charge in [-0.2, -0.15) is 11.8 Å². The molecule has 2 aromatic carbocycles. The fourth-order valence-corrected chi connectivity index (χ4v) is 3.20. The second kappa shape index (κ2) is 7.58. The quantitative estimate of drug-likeness (QED) is 0.865. The van der Waals surface area contributed by atoms with Gasteiger partial charge in [-0.3, -0.25) is 0 Å². The van der Waals surface area contributed by atoms with E-state index in [9.17, 15) is 0 Å². The van der Waals surface area contributed by atoms with E-state index in [1.165, 1.54) is 0 Å². The first-order valence-electron chi connectivity index (χ1n) is 6.41. The molecule has 1 unspecified atom stereocenters. The minimum atomic E-state index is -0.00223. The molecule has 0 bridgehead atoms. The summed E-state index contributed by atoms with van der Waals surface area (Å²) in [6.45, 7) is 0.